The Kier molecular flexibility index (Phi) is 7.19. The van der Waals surface area contributed by atoms with Crippen LogP contribution in [0.4, 0.5) is 0 Å². The highest BCUT2D eigenvalue weighted by atomic mass is 16.5. The standard InChI is InChI=1S/C13H19N3O3/c1-2-19-9-3-6-15-12(17)13(18)16-10-11-4-7-14-8-5-11/h4-5,7-8H,2-3,6,9-10H2,1H3,(H,15,17)(H,16,18). The number of amides is 2. The van der Waals surface area contributed by atoms with Crippen LogP contribution in [0.5, 0.6) is 0 Å². The number of pyridine rings is 1. The number of hydrogen-bond donors (Lipinski definition) is 2. The molecule has 0 fully saturated rings. The van der Waals surface area contributed by atoms with E-state index in [9.17, 15) is 9.59 Å². The summed E-state index contributed by atoms with van der Waals surface area (Å²) in [5.41, 5.74) is 0.896. The first-order valence-electron chi connectivity index (χ1n) is 6.26. The van der Waals surface area contributed by atoms with Crippen LogP contribution in [-0.4, -0.2) is 36.6 Å². The van der Waals surface area contributed by atoms with Crippen LogP contribution in [0.1, 0.15) is 18.9 Å². The first-order valence-corrected chi connectivity index (χ1v) is 6.26. The SMILES string of the molecule is CCOCCCNC(=O)C(=O)NCc1ccncc1. The van der Waals surface area contributed by atoms with E-state index in [0.29, 0.717) is 32.7 Å². The molecule has 1 aromatic heterocycles. The highest BCUT2D eigenvalue weighted by Gasteiger charge is 2.11. The summed E-state index contributed by atoms with van der Waals surface area (Å²) in [5.74, 6) is -1.25. The smallest absolute Gasteiger partial charge is 0.309 e. The molecule has 0 bridgehead atoms. The van der Waals surface area contributed by atoms with Gasteiger partial charge in [0.05, 0.1) is 0 Å². The molecule has 0 unspecified atom stereocenters. The van der Waals surface area contributed by atoms with E-state index in [0.717, 1.165) is 5.56 Å². The van der Waals surface area contributed by atoms with E-state index in [1.807, 2.05) is 6.92 Å². The summed E-state index contributed by atoms with van der Waals surface area (Å²) < 4.78 is 5.12. The Bertz CT molecular complexity index is 395. The van der Waals surface area contributed by atoms with Gasteiger partial charge in [-0.15, -0.1) is 0 Å². The molecule has 2 amide bonds. The number of nitrogens with one attached hydrogen (secondary N) is 2. The van der Waals surface area contributed by atoms with Crippen molar-refractivity contribution in [1.82, 2.24) is 15.6 Å². The zero-order valence-corrected chi connectivity index (χ0v) is 11.0. The van der Waals surface area contributed by atoms with Crippen molar-refractivity contribution in [2.45, 2.75) is 19.9 Å². The Balaban J connectivity index is 2.16. The van der Waals surface area contributed by atoms with Crippen molar-refractivity contribution < 1.29 is 14.3 Å². The van der Waals surface area contributed by atoms with E-state index in [4.69, 9.17) is 4.74 Å². The average Bonchev–Trinajstić information content (AvgIpc) is 2.45. The van der Waals surface area contributed by atoms with Gasteiger partial charge in [0.1, 0.15) is 0 Å². The van der Waals surface area contributed by atoms with Crippen molar-refractivity contribution in [3.63, 3.8) is 0 Å². The first kappa shape index (κ1) is 15.1. The quantitative estimate of drug-likeness (QED) is 0.546. The van der Waals surface area contributed by atoms with Gasteiger partial charge in [0.25, 0.3) is 0 Å². The molecule has 6 heteroatoms. The van der Waals surface area contributed by atoms with Gasteiger partial charge in [0.15, 0.2) is 0 Å². The predicted molar refractivity (Wildman–Crippen MR) is 70.2 cm³/mol. The van der Waals surface area contributed by atoms with Gasteiger partial charge in [0, 0.05) is 38.7 Å². The second-order valence-electron chi connectivity index (χ2n) is 3.84. The lowest BCUT2D eigenvalue weighted by Crippen LogP contribution is -2.40. The van der Waals surface area contributed by atoms with Crippen LogP contribution in [0.3, 0.4) is 0 Å². The van der Waals surface area contributed by atoms with E-state index in [1.54, 1.807) is 24.5 Å². The van der Waals surface area contributed by atoms with Crippen molar-refractivity contribution >= 4 is 11.8 Å². The van der Waals surface area contributed by atoms with Crippen LogP contribution < -0.4 is 10.6 Å². The fourth-order valence-electron chi connectivity index (χ4n) is 1.36. The van der Waals surface area contributed by atoms with E-state index in [2.05, 4.69) is 15.6 Å². The van der Waals surface area contributed by atoms with Gasteiger partial charge in [0.2, 0.25) is 0 Å². The third-order valence-electron chi connectivity index (χ3n) is 2.36. The number of aromatic nitrogens is 1. The highest BCUT2D eigenvalue weighted by molar-refractivity contribution is 6.35. The number of nitrogens with zero attached hydrogens (tertiary/aromatic N) is 1. The molecule has 104 valence electrons. The van der Waals surface area contributed by atoms with E-state index >= 15 is 0 Å². The van der Waals surface area contributed by atoms with Crippen molar-refractivity contribution in [1.29, 1.82) is 0 Å². The summed E-state index contributed by atoms with van der Waals surface area (Å²) in [6, 6.07) is 3.56. The lowest BCUT2D eigenvalue weighted by molar-refractivity contribution is -0.139. The lowest BCUT2D eigenvalue weighted by atomic mass is 10.3. The molecule has 0 aliphatic carbocycles. The van der Waals surface area contributed by atoms with E-state index < -0.39 is 11.8 Å². The Hall–Kier alpha value is -1.95. The molecular formula is C13H19N3O3. The highest BCUT2D eigenvalue weighted by Crippen LogP contribution is 1.94. The number of ether oxygens (including phenoxy) is 1. The summed E-state index contributed by atoms with van der Waals surface area (Å²) in [5, 5.41) is 5.08. The Labute approximate surface area is 112 Å². The lowest BCUT2D eigenvalue weighted by Gasteiger charge is -2.06. The predicted octanol–water partition coefficient (Wildman–Crippen LogP) is 0.241. The fraction of sp³-hybridized carbons (Fsp3) is 0.462. The van der Waals surface area contributed by atoms with Crippen LogP contribution in [0.15, 0.2) is 24.5 Å². The van der Waals surface area contributed by atoms with Gasteiger partial charge in [-0.05, 0) is 31.0 Å². The third kappa shape index (κ3) is 6.52. The molecule has 0 radical (unpaired) electrons. The summed E-state index contributed by atoms with van der Waals surface area (Å²) >= 11 is 0. The van der Waals surface area contributed by atoms with Crippen LogP contribution in [0.25, 0.3) is 0 Å². The maximum atomic E-state index is 11.5. The van der Waals surface area contributed by atoms with E-state index in [-0.39, 0.29) is 0 Å². The van der Waals surface area contributed by atoms with Gasteiger partial charge in [-0.2, -0.15) is 0 Å². The molecule has 19 heavy (non-hydrogen) atoms. The van der Waals surface area contributed by atoms with Gasteiger partial charge in [-0.3, -0.25) is 14.6 Å². The second kappa shape index (κ2) is 9.04. The van der Waals surface area contributed by atoms with Gasteiger partial charge in [-0.1, -0.05) is 0 Å². The maximum absolute atomic E-state index is 11.5. The second-order valence-corrected chi connectivity index (χ2v) is 3.84. The molecule has 2 N–H and O–H groups in total. The molecule has 1 rings (SSSR count). The minimum absolute atomic E-state index is 0.313. The monoisotopic (exact) mass is 265 g/mol. The minimum Gasteiger partial charge on any atom is -0.382 e. The Morgan fingerprint density at radius 3 is 2.58 bits per heavy atom. The largest absolute Gasteiger partial charge is 0.382 e. The van der Waals surface area contributed by atoms with Crippen molar-refractivity contribution in [2.75, 3.05) is 19.8 Å². The number of hydrogen-bond acceptors (Lipinski definition) is 4. The normalized spacial score (nSPS) is 9.95. The molecule has 0 saturated heterocycles. The third-order valence-corrected chi connectivity index (χ3v) is 2.36. The topological polar surface area (TPSA) is 80.3 Å². The summed E-state index contributed by atoms with van der Waals surface area (Å²) in [4.78, 5) is 26.8. The molecule has 0 aromatic carbocycles. The first-order chi connectivity index (χ1) is 9.24. The number of carbonyl (C=O) groups is 2. The zero-order valence-electron chi connectivity index (χ0n) is 11.0. The molecule has 0 spiro atoms. The van der Waals surface area contributed by atoms with Crippen molar-refractivity contribution in [3.8, 4) is 0 Å². The van der Waals surface area contributed by atoms with Crippen molar-refractivity contribution in [2.24, 2.45) is 0 Å². The molecule has 1 heterocycles. The minimum atomic E-state index is -0.631. The van der Waals surface area contributed by atoms with Crippen LogP contribution in [0.2, 0.25) is 0 Å². The summed E-state index contributed by atoms with van der Waals surface area (Å²) in [6.45, 7) is 3.89. The van der Waals surface area contributed by atoms with Crippen LogP contribution in [0, 0.1) is 0 Å². The molecule has 6 nitrogen and oxygen atoms in total. The summed E-state index contributed by atoms with van der Waals surface area (Å²) in [7, 11) is 0. The van der Waals surface area contributed by atoms with Gasteiger partial charge in [-0.25, -0.2) is 0 Å². The molecule has 0 aliphatic heterocycles. The fourth-order valence-corrected chi connectivity index (χ4v) is 1.36. The zero-order chi connectivity index (χ0) is 13.9. The average molecular weight is 265 g/mol. The summed E-state index contributed by atoms with van der Waals surface area (Å²) in [6.07, 6.45) is 3.96. The molecule has 1 aromatic rings. The van der Waals surface area contributed by atoms with Gasteiger partial charge < -0.3 is 15.4 Å². The van der Waals surface area contributed by atoms with Gasteiger partial charge >= 0.3 is 11.8 Å². The molecule has 0 atom stereocenters. The van der Waals surface area contributed by atoms with Crippen LogP contribution >= 0.6 is 0 Å². The molecule has 0 aliphatic rings. The molecular weight excluding hydrogens is 246 g/mol. The maximum Gasteiger partial charge on any atom is 0.309 e. The van der Waals surface area contributed by atoms with Crippen molar-refractivity contribution in [3.05, 3.63) is 30.1 Å². The Morgan fingerprint density at radius 1 is 1.21 bits per heavy atom. The van der Waals surface area contributed by atoms with E-state index in [1.165, 1.54) is 0 Å². The Morgan fingerprint density at radius 2 is 1.89 bits per heavy atom. The van der Waals surface area contributed by atoms with Crippen LogP contribution in [-0.2, 0) is 20.9 Å². The number of rotatable bonds is 7. The number of carbonyl (C=O) groups excluding carboxylic acids is 2. The molecule has 0 saturated carbocycles.